The molecule has 0 aromatic carbocycles. The van der Waals surface area contributed by atoms with Gasteiger partial charge in [-0.25, -0.2) is 0 Å². The van der Waals surface area contributed by atoms with Crippen molar-refractivity contribution in [2.45, 2.75) is 24.9 Å². The summed E-state index contributed by atoms with van der Waals surface area (Å²) in [5.41, 5.74) is -0.345. The molecule has 0 bridgehead atoms. The summed E-state index contributed by atoms with van der Waals surface area (Å²) in [5, 5.41) is 21.4. The van der Waals surface area contributed by atoms with E-state index in [9.17, 15) is 9.90 Å². The number of hydrogen-bond acceptors (Lipinski definition) is 6. The largest absolute Gasteiger partial charge is 0.394 e. The number of ether oxygens (including phenoxy) is 1. The summed E-state index contributed by atoms with van der Waals surface area (Å²) in [7, 11) is 1.65. The van der Waals surface area contributed by atoms with Crippen LogP contribution in [-0.2, 0) is 4.74 Å². The molecule has 1 aliphatic rings. The summed E-state index contributed by atoms with van der Waals surface area (Å²) in [6, 6.07) is 1.32. The topological polar surface area (TPSA) is 96.6 Å². The molecule has 1 aliphatic heterocycles. The zero-order chi connectivity index (χ0) is 12.4. The number of anilines is 1. The van der Waals surface area contributed by atoms with Gasteiger partial charge in [-0.1, -0.05) is 0 Å². The lowest BCUT2D eigenvalue weighted by atomic mass is 10.2. The van der Waals surface area contributed by atoms with E-state index in [4.69, 9.17) is 9.84 Å². The molecule has 0 radical (unpaired) electrons. The molecule has 0 spiro atoms. The maximum atomic E-state index is 11.1. The van der Waals surface area contributed by atoms with Gasteiger partial charge in [0.25, 0.3) is 5.56 Å². The number of aliphatic hydroxyl groups excluding tert-OH is 2. The van der Waals surface area contributed by atoms with Gasteiger partial charge in [-0.15, -0.1) is 0 Å². The second kappa shape index (κ2) is 4.82. The minimum absolute atomic E-state index is 0.236. The predicted molar refractivity (Wildman–Crippen MR) is 59.7 cm³/mol. The molecule has 7 heteroatoms. The highest BCUT2D eigenvalue weighted by Crippen LogP contribution is 2.29. The molecule has 1 aromatic heterocycles. The summed E-state index contributed by atoms with van der Waals surface area (Å²) >= 11 is 0. The van der Waals surface area contributed by atoms with Gasteiger partial charge in [0.2, 0.25) is 5.95 Å². The Morgan fingerprint density at radius 1 is 1.71 bits per heavy atom. The zero-order valence-electron chi connectivity index (χ0n) is 9.41. The normalized spacial score (nSPS) is 28.3. The van der Waals surface area contributed by atoms with Crippen LogP contribution in [0.25, 0.3) is 0 Å². The Morgan fingerprint density at radius 3 is 3.06 bits per heavy atom. The fraction of sp³-hybridized carbons (Fsp3) is 0.600. The first-order valence-corrected chi connectivity index (χ1v) is 5.37. The van der Waals surface area contributed by atoms with Crippen LogP contribution in [0, 0.1) is 0 Å². The smallest absolute Gasteiger partial charge is 0.274 e. The molecule has 7 nitrogen and oxygen atoms in total. The van der Waals surface area contributed by atoms with E-state index in [0.717, 1.165) is 0 Å². The van der Waals surface area contributed by atoms with Crippen LogP contribution in [0.3, 0.4) is 0 Å². The highest BCUT2D eigenvalue weighted by atomic mass is 16.5. The van der Waals surface area contributed by atoms with E-state index in [-0.39, 0.29) is 12.2 Å². The van der Waals surface area contributed by atoms with Gasteiger partial charge in [0.1, 0.15) is 12.3 Å². The summed E-state index contributed by atoms with van der Waals surface area (Å²) < 4.78 is 7.10. The van der Waals surface area contributed by atoms with Gasteiger partial charge in [0.05, 0.1) is 12.7 Å². The molecule has 94 valence electrons. The highest BCUT2D eigenvalue weighted by molar-refractivity contribution is 5.24. The highest BCUT2D eigenvalue weighted by Gasteiger charge is 2.34. The summed E-state index contributed by atoms with van der Waals surface area (Å²) in [5.74, 6) is 0.369. The number of nitrogens with zero attached hydrogens (tertiary/aromatic N) is 2. The van der Waals surface area contributed by atoms with Gasteiger partial charge < -0.3 is 20.3 Å². The van der Waals surface area contributed by atoms with E-state index in [1.54, 1.807) is 17.8 Å². The lowest BCUT2D eigenvalue weighted by molar-refractivity contribution is -0.0440. The fourth-order valence-corrected chi connectivity index (χ4v) is 1.88. The van der Waals surface area contributed by atoms with Crippen molar-refractivity contribution < 1.29 is 14.9 Å². The number of nitrogens with one attached hydrogen (secondary N) is 1. The summed E-state index contributed by atoms with van der Waals surface area (Å²) in [6.07, 6.45) is 0.166. The number of aliphatic hydroxyl groups is 2. The van der Waals surface area contributed by atoms with Crippen molar-refractivity contribution >= 4 is 5.95 Å². The molecule has 2 rings (SSSR count). The predicted octanol–water partition coefficient (Wildman–Crippen LogP) is -1.07. The lowest BCUT2D eigenvalue weighted by Gasteiger charge is -2.18. The molecule has 3 atom stereocenters. The van der Waals surface area contributed by atoms with Crippen LogP contribution in [-0.4, -0.2) is 45.6 Å². The average Bonchev–Trinajstić information content (AvgIpc) is 2.70. The summed E-state index contributed by atoms with van der Waals surface area (Å²) in [4.78, 5) is 14.9. The van der Waals surface area contributed by atoms with Crippen LogP contribution < -0.4 is 10.9 Å². The third-order valence-electron chi connectivity index (χ3n) is 2.76. The number of hydrogen-bond donors (Lipinski definition) is 3. The van der Waals surface area contributed by atoms with Gasteiger partial charge in [-0.3, -0.25) is 9.36 Å². The third kappa shape index (κ3) is 2.31. The molecule has 1 aromatic rings. The molecule has 2 heterocycles. The molecule has 0 aliphatic carbocycles. The third-order valence-corrected chi connectivity index (χ3v) is 2.76. The van der Waals surface area contributed by atoms with E-state index < -0.39 is 18.4 Å². The zero-order valence-corrected chi connectivity index (χ0v) is 9.41. The van der Waals surface area contributed by atoms with Crippen LogP contribution >= 0.6 is 0 Å². The molecule has 0 unspecified atom stereocenters. The van der Waals surface area contributed by atoms with Gasteiger partial charge in [-0.2, -0.15) is 4.98 Å². The van der Waals surface area contributed by atoms with Gasteiger partial charge >= 0.3 is 0 Å². The molecule has 0 saturated carbocycles. The van der Waals surface area contributed by atoms with Crippen molar-refractivity contribution in [1.82, 2.24) is 9.55 Å². The van der Waals surface area contributed by atoms with Gasteiger partial charge in [0, 0.05) is 25.7 Å². The molecular weight excluding hydrogens is 226 g/mol. The average molecular weight is 241 g/mol. The van der Waals surface area contributed by atoms with Crippen molar-refractivity contribution in [2.24, 2.45) is 0 Å². The standard InChI is InChI=1S/C10H15N3O4/c1-11-10-12-8(16)2-3-13(10)9-4-6(15)7(5-14)17-9/h2-3,6-7,9,14-15H,4-5H2,1H3,(H,11,12,16)/t6-,7+,9+/m0/s1. The molecule has 17 heavy (non-hydrogen) atoms. The minimum Gasteiger partial charge on any atom is -0.394 e. The second-order valence-corrected chi connectivity index (χ2v) is 3.86. The Labute approximate surface area is 97.7 Å². The Hall–Kier alpha value is -1.44. The molecular formula is C10H15N3O4. The maximum absolute atomic E-state index is 11.1. The molecule has 0 amide bonds. The second-order valence-electron chi connectivity index (χ2n) is 3.86. The Morgan fingerprint density at radius 2 is 2.47 bits per heavy atom. The van der Waals surface area contributed by atoms with Crippen molar-refractivity contribution in [1.29, 1.82) is 0 Å². The van der Waals surface area contributed by atoms with Crippen molar-refractivity contribution in [3.05, 3.63) is 22.6 Å². The van der Waals surface area contributed by atoms with E-state index >= 15 is 0 Å². The van der Waals surface area contributed by atoms with Crippen molar-refractivity contribution in [3.8, 4) is 0 Å². The number of aromatic nitrogens is 2. The first-order chi connectivity index (χ1) is 8.15. The lowest BCUT2D eigenvalue weighted by Crippen LogP contribution is -2.24. The summed E-state index contributed by atoms with van der Waals surface area (Å²) in [6.45, 7) is -0.236. The number of rotatable bonds is 3. The first kappa shape index (κ1) is 12.0. The Kier molecular flexibility index (Phi) is 3.41. The fourth-order valence-electron chi connectivity index (χ4n) is 1.88. The Bertz CT molecular complexity index is 447. The quantitative estimate of drug-likeness (QED) is 0.623. The van der Waals surface area contributed by atoms with Crippen molar-refractivity contribution in [2.75, 3.05) is 19.0 Å². The van der Waals surface area contributed by atoms with Crippen LogP contribution in [0.1, 0.15) is 12.6 Å². The SMILES string of the molecule is CNc1nc(=O)ccn1[C@H]1C[C@H](O)[C@@H](CO)O1. The van der Waals surface area contributed by atoms with Crippen LogP contribution in [0.5, 0.6) is 0 Å². The molecule has 1 fully saturated rings. The minimum atomic E-state index is -0.714. The maximum Gasteiger partial charge on any atom is 0.274 e. The van der Waals surface area contributed by atoms with E-state index in [2.05, 4.69) is 10.3 Å². The first-order valence-electron chi connectivity index (χ1n) is 5.37. The van der Waals surface area contributed by atoms with Crippen molar-refractivity contribution in [3.63, 3.8) is 0 Å². The van der Waals surface area contributed by atoms with E-state index in [1.807, 2.05) is 0 Å². The van der Waals surface area contributed by atoms with E-state index in [0.29, 0.717) is 12.4 Å². The van der Waals surface area contributed by atoms with Gasteiger partial charge in [0.15, 0.2) is 0 Å². The molecule has 1 saturated heterocycles. The Balaban J connectivity index is 2.26. The van der Waals surface area contributed by atoms with Gasteiger partial charge in [-0.05, 0) is 0 Å². The van der Waals surface area contributed by atoms with E-state index in [1.165, 1.54) is 6.07 Å². The van der Waals surface area contributed by atoms with Crippen LogP contribution in [0.4, 0.5) is 5.95 Å². The van der Waals surface area contributed by atoms with Crippen LogP contribution in [0.15, 0.2) is 17.1 Å². The van der Waals surface area contributed by atoms with Crippen LogP contribution in [0.2, 0.25) is 0 Å². The molecule has 3 N–H and O–H groups in total. The monoisotopic (exact) mass is 241 g/mol.